The summed E-state index contributed by atoms with van der Waals surface area (Å²) in [5.41, 5.74) is 2.37. The van der Waals surface area contributed by atoms with Crippen molar-refractivity contribution in [1.82, 2.24) is 5.48 Å². The lowest BCUT2D eigenvalue weighted by molar-refractivity contribution is -0.153. The molecule has 1 heterocycles. The highest BCUT2D eigenvalue weighted by atomic mass is 19.4. The van der Waals surface area contributed by atoms with Crippen LogP contribution in [0.25, 0.3) is 0 Å². The predicted molar refractivity (Wildman–Crippen MR) is 37.6 cm³/mol. The van der Waals surface area contributed by atoms with Gasteiger partial charge in [-0.15, -0.1) is 0 Å². The molecular weight excluding hydrogens is 187 g/mol. The molecule has 0 spiro atoms. The van der Waals surface area contributed by atoms with Crippen LogP contribution in [-0.2, 0) is 17.6 Å². The molecular formula is C7H8F3NO2. The Labute approximate surface area is 72.4 Å². The summed E-state index contributed by atoms with van der Waals surface area (Å²) < 4.78 is 40.4. The van der Waals surface area contributed by atoms with Crippen LogP contribution in [0, 0.1) is 0 Å². The Morgan fingerprint density at radius 1 is 1.46 bits per heavy atom. The molecule has 13 heavy (non-hydrogen) atoms. The second-order valence-corrected chi connectivity index (χ2v) is 2.29. The van der Waals surface area contributed by atoms with Crippen LogP contribution in [0.2, 0.25) is 0 Å². The average Bonchev–Trinajstić information content (AvgIpc) is 2.47. The van der Waals surface area contributed by atoms with Gasteiger partial charge in [0.2, 0.25) is 5.76 Å². The molecule has 0 amide bonds. The first-order valence-corrected chi connectivity index (χ1v) is 3.46. The maximum absolute atomic E-state index is 12.0. The highest BCUT2D eigenvalue weighted by Gasteiger charge is 2.34. The molecule has 0 atom stereocenters. The summed E-state index contributed by atoms with van der Waals surface area (Å²) in [4.78, 5) is 4.45. The van der Waals surface area contributed by atoms with Gasteiger partial charge in [-0.05, 0) is 12.1 Å². The Morgan fingerprint density at radius 3 is 2.62 bits per heavy atom. The highest BCUT2D eigenvalue weighted by molar-refractivity contribution is 5.09. The standard InChI is InChI=1S/C7H8F3NO2/c1-12-11-4-5-2-3-6(13-5)7(8,9)10/h2-3,11H,4H2,1H3. The number of hydrogen-bond donors (Lipinski definition) is 1. The molecule has 1 rings (SSSR count). The van der Waals surface area contributed by atoms with Gasteiger partial charge in [0, 0.05) is 0 Å². The Hall–Kier alpha value is -1.01. The maximum atomic E-state index is 12.0. The van der Waals surface area contributed by atoms with Crippen molar-refractivity contribution in [3.63, 3.8) is 0 Å². The van der Waals surface area contributed by atoms with E-state index in [0.717, 1.165) is 6.07 Å². The number of furan rings is 1. The largest absolute Gasteiger partial charge is 0.455 e. The summed E-state index contributed by atoms with van der Waals surface area (Å²) in [5, 5.41) is 0. The van der Waals surface area contributed by atoms with Crippen molar-refractivity contribution in [3.05, 3.63) is 23.7 Å². The summed E-state index contributed by atoms with van der Waals surface area (Å²) in [6.07, 6.45) is -4.43. The van der Waals surface area contributed by atoms with Crippen LogP contribution in [0.1, 0.15) is 11.5 Å². The molecule has 0 aromatic carbocycles. The summed E-state index contributed by atoms with van der Waals surface area (Å²) in [6, 6.07) is 2.13. The quantitative estimate of drug-likeness (QED) is 0.748. The Kier molecular flexibility index (Phi) is 2.94. The van der Waals surface area contributed by atoms with Gasteiger partial charge in [-0.1, -0.05) is 0 Å². The minimum Gasteiger partial charge on any atom is -0.455 e. The zero-order chi connectivity index (χ0) is 9.90. The monoisotopic (exact) mass is 195 g/mol. The number of rotatable bonds is 3. The van der Waals surface area contributed by atoms with Crippen molar-refractivity contribution in [2.24, 2.45) is 0 Å². The van der Waals surface area contributed by atoms with E-state index in [0.29, 0.717) is 0 Å². The molecule has 6 heteroatoms. The van der Waals surface area contributed by atoms with E-state index < -0.39 is 11.9 Å². The normalized spacial score (nSPS) is 12.0. The molecule has 3 nitrogen and oxygen atoms in total. The van der Waals surface area contributed by atoms with E-state index in [1.54, 1.807) is 0 Å². The van der Waals surface area contributed by atoms with Crippen LogP contribution >= 0.6 is 0 Å². The van der Waals surface area contributed by atoms with E-state index in [-0.39, 0.29) is 12.3 Å². The van der Waals surface area contributed by atoms with Crippen LogP contribution in [0.3, 0.4) is 0 Å². The van der Waals surface area contributed by atoms with Crippen molar-refractivity contribution in [2.45, 2.75) is 12.7 Å². The van der Waals surface area contributed by atoms with E-state index in [2.05, 4.69) is 14.7 Å². The minimum absolute atomic E-state index is 0.104. The van der Waals surface area contributed by atoms with Gasteiger partial charge in [-0.2, -0.15) is 18.7 Å². The smallest absolute Gasteiger partial charge is 0.449 e. The Morgan fingerprint density at radius 2 is 2.15 bits per heavy atom. The molecule has 0 unspecified atom stereocenters. The number of alkyl halides is 3. The number of hydrogen-bond acceptors (Lipinski definition) is 3. The van der Waals surface area contributed by atoms with Crippen LogP contribution in [-0.4, -0.2) is 7.11 Å². The molecule has 0 aliphatic heterocycles. The third-order valence-corrected chi connectivity index (χ3v) is 1.33. The second kappa shape index (κ2) is 3.80. The number of halogens is 3. The number of nitrogens with one attached hydrogen (secondary N) is 1. The van der Waals surface area contributed by atoms with Crippen LogP contribution in [0.15, 0.2) is 16.5 Å². The van der Waals surface area contributed by atoms with E-state index in [4.69, 9.17) is 0 Å². The van der Waals surface area contributed by atoms with Crippen molar-refractivity contribution in [1.29, 1.82) is 0 Å². The SMILES string of the molecule is CONCc1ccc(C(F)(F)F)o1. The molecule has 0 radical (unpaired) electrons. The second-order valence-electron chi connectivity index (χ2n) is 2.29. The van der Waals surface area contributed by atoms with Crippen molar-refractivity contribution in [2.75, 3.05) is 7.11 Å². The first kappa shape index (κ1) is 10.1. The molecule has 0 saturated heterocycles. The van der Waals surface area contributed by atoms with E-state index in [1.807, 2.05) is 0 Å². The number of hydroxylamine groups is 1. The van der Waals surface area contributed by atoms with Crippen molar-refractivity contribution >= 4 is 0 Å². The fourth-order valence-electron chi connectivity index (χ4n) is 0.769. The fraction of sp³-hybridized carbons (Fsp3) is 0.429. The lowest BCUT2D eigenvalue weighted by Gasteiger charge is -2.01. The Balaban J connectivity index is 2.64. The summed E-state index contributed by atoms with van der Waals surface area (Å²) in [7, 11) is 1.37. The zero-order valence-corrected chi connectivity index (χ0v) is 6.81. The third-order valence-electron chi connectivity index (χ3n) is 1.33. The molecule has 0 fully saturated rings. The van der Waals surface area contributed by atoms with E-state index >= 15 is 0 Å². The van der Waals surface area contributed by atoms with Gasteiger partial charge in [-0.3, -0.25) is 0 Å². The van der Waals surface area contributed by atoms with Gasteiger partial charge < -0.3 is 9.25 Å². The molecule has 0 bridgehead atoms. The molecule has 0 aliphatic rings. The average molecular weight is 195 g/mol. The highest BCUT2D eigenvalue weighted by Crippen LogP contribution is 2.30. The van der Waals surface area contributed by atoms with Crippen molar-refractivity contribution < 1.29 is 22.4 Å². The van der Waals surface area contributed by atoms with Gasteiger partial charge >= 0.3 is 6.18 Å². The molecule has 1 N–H and O–H groups in total. The van der Waals surface area contributed by atoms with Gasteiger partial charge in [0.25, 0.3) is 0 Å². The van der Waals surface area contributed by atoms with Crippen LogP contribution in [0.4, 0.5) is 13.2 Å². The maximum Gasteiger partial charge on any atom is 0.449 e. The molecule has 1 aromatic heterocycles. The molecule has 1 aromatic rings. The summed E-state index contributed by atoms with van der Waals surface area (Å²) in [6.45, 7) is 0.104. The van der Waals surface area contributed by atoms with Crippen molar-refractivity contribution in [3.8, 4) is 0 Å². The topological polar surface area (TPSA) is 34.4 Å². The third kappa shape index (κ3) is 2.74. The first-order valence-electron chi connectivity index (χ1n) is 3.46. The Bertz CT molecular complexity index is 269. The lowest BCUT2D eigenvalue weighted by atomic mass is 10.4. The molecule has 0 saturated carbocycles. The van der Waals surface area contributed by atoms with Gasteiger partial charge in [0.1, 0.15) is 5.76 Å². The molecule has 0 aliphatic carbocycles. The minimum atomic E-state index is -4.43. The predicted octanol–water partition coefficient (Wildman–Crippen LogP) is 1.95. The fourth-order valence-corrected chi connectivity index (χ4v) is 0.769. The van der Waals surface area contributed by atoms with Gasteiger partial charge in [-0.25, -0.2) is 0 Å². The summed E-state index contributed by atoms with van der Waals surface area (Å²) in [5.74, 6) is -0.824. The summed E-state index contributed by atoms with van der Waals surface area (Å²) >= 11 is 0. The van der Waals surface area contributed by atoms with Crippen LogP contribution in [0.5, 0.6) is 0 Å². The lowest BCUT2D eigenvalue weighted by Crippen LogP contribution is -2.10. The van der Waals surface area contributed by atoms with Gasteiger partial charge in [0.05, 0.1) is 13.7 Å². The van der Waals surface area contributed by atoms with Crippen LogP contribution < -0.4 is 5.48 Å². The molecule has 74 valence electrons. The van der Waals surface area contributed by atoms with E-state index in [1.165, 1.54) is 13.2 Å². The first-order chi connectivity index (χ1) is 6.04. The van der Waals surface area contributed by atoms with Gasteiger partial charge in [0.15, 0.2) is 0 Å². The zero-order valence-electron chi connectivity index (χ0n) is 6.81. The van der Waals surface area contributed by atoms with E-state index in [9.17, 15) is 13.2 Å².